The Labute approximate surface area is 219 Å². The van der Waals surface area contributed by atoms with Gasteiger partial charge in [-0.25, -0.2) is 4.79 Å². The molecule has 4 rings (SSSR count). The van der Waals surface area contributed by atoms with Crippen molar-refractivity contribution in [2.24, 2.45) is 0 Å². The minimum atomic E-state index is -1.74. The second-order valence-electron chi connectivity index (χ2n) is 11.7. The molecule has 0 radical (unpaired) electrons. The normalized spacial score (nSPS) is 18.4. The number of nitrogens with one attached hydrogen (secondary N) is 3. The molecule has 2 aromatic rings. The summed E-state index contributed by atoms with van der Waals surface area (Å²) in [5.41, 5.74) is 1.81. The lowest BCUT2D eigenvalue weighted by Crippen LogP contribution is -2.52. The first-order chi connectivity index (χ1) is 17.4. The molecule has 1 aromatic heterocycles. The van der Waals surface area contributed by atoms with Crippen molar-refractivity contribution < 1.29 is 19.1 Å². The number of urea groups is 1. The zero-order chi connectivity index (χ0) is 27.0. The van der Waals surface area contributed by atoms with Crippen LogP contribution in [0.15, 0.2) is 30.3 Å². The molecule has 1 atom stereocenters. The number of ether oxygens (including phenoxy) is 1. The summed E-state index contributed by atoms with van der Waals surface area (Å²) in [6.45, 7) is 12.7. The summed E-state index contributed by atoms with van der Waals surface area (Å²) in [4.78, 5) is 40.5. The highest BCUT2D eigenvalue weighted by Crippen LogP contribution is 2.56. The minimum absolute atomic E-state index is 0.0453. The van der Waals surface area contributed by atoms with Crippen LogP contribution < -0.4 is 10.6 Å². The molecular formula is C27H39N5O4Si. The first-order valence-electron chi connectivity index (χ1n) is 13.1. The van der Waals surface area contributed by atoms with Gasteiger partial charge in [0.15, 0.2) is 5.82 Å². The fourth-order valence-corrected chi connectivity index (χ4v) is 8.03. The van der Waals surface area contributed by atoms with Gasteiger partial charge in [-0.3, -0.25) is 14.7 Å². The molecular weight excluding hydrogens is 486 g/mol. The van der Waals surface area contributed by atoms with Gasteiger partial charge < -0.3 is 20.3 Å². The van der Waals surface area contributed by atoms with Crippen molar-refractivity contribution in [2.45, 2.75) is 89.3 Å². The van der Waals surface area contributed by atoms with Crippen LogP contribution in [0, 0.1) is 0 Å². The molecule has 0 saturated heterocycles. The molecule has 2 heterocycles. The van der Waals surface area contributed by atoms with Crippen LogP contribution in [0.2, 0.25) is 24.7 Å². The topological polar surface area (TPSA) is 116 Å². The van der Waals surface area contributed by atoms with Gasteiger partial charge in [0.05, 0.1) is 31.9 Å². The fraction of sp³-hybridized carbons (Fsp3) is 0.556. The van der Waals surface area contributed by atoms with E-state index in [1.54, 1.807) is 11.8 Å². The molecule has 2 aliphatic rings. The van der Waals surface area contributed by atoms with Crippen molar-refractivity contribution in [1.29, 1.82) is 0 Å². The second-order valence-corrected chi connectivity index (χ2v) is 17.1. The van der Waals surface area contributed by atoms with Crippen molar-refractivity contribution >= 4 is 31.8 Å². The van der Waals surface area contributed by atoms with Gasteiger partial charge in [0.25, 0.3) is 0 Å². The summed E-state index contributed by atoms with van der Waals surface area (Å²) < 4.78 is 5.38. The van der Waals surface area contributed by atoms with Gasteiger partial charge in [-0.1, -0.05) is 63.3 Å². The van der Waals surface area contributed by atoms with Gasteiger partial charge in [-0.15, -0.1) is 0 Å². The highest BCUT2D eigenvalue weighted by molar-refractivity contribution is 6.83. The van der Waals surface area contributed by atoms with Crippen LogP contribution in [-0.2, 0) is 26.4 Å². The Morgan fingerprint density at radius 3 is 2.41 bits per heavy atom. The molecule has 37 heavy (non-hydrogen) atoms. The summed E-state index contributed by atoms with van der Waals surface area (Å²) in [6, 6.07) is 8.68. The predicted molar refractivity (Wildman–Crippen MR) is 145 cm³/mol. The highest BCUT2D eigenvalue weighted by Gasteiger charge is 2.54. The number of aromatic nitrogens is 2. The van der Waals surface area contributed by atoms with Gasteiger partial charge in [0.2, 0.25) is 5.91 Å². The monoisotopic (exact) mass is 525 g/mol. The Morgan fingerprint density at radius 1 is 1.16 bits per heavy atom. The van der Waals surface area contributed by atoms with Crippen LogP contribution in [0.1, 0.15) is 69.3 Å². The lowest BCUT2D eigenvalue weighted by Gasteiger charge is -2.48. The number of carbonyl (C=O) groups is 3. The molecule has 1 aromatic carbocycles. The smallest absolute Gasteiger partial charge is 0.319 e. The average Bonchev–Trinajstić information content (AvgIpc) is 3.32. The Hall–Kier alpha value is -3.14. The molecule has 200 valence electrons. The number of anilines is 1. The number of esters is 1. The largest absolute Gasteiger partial charge is 0.463 e. The summed E-state index contributed by atoms with van der Waals surface area (Å²) in [6.07, 6.45) is 3.19. The number of H-pyrrole nitrogens is 1. The summed E-state index contributed by atoms with van der Waals surface area (Å²) in [7, 11) is -1.74. The number of carbonyl (C=O) groups excluding carboxylic acids is 3. The van der Waals surface area contributed by atoms with Crippen LogP contribution in [0.25, 0.3) is 0 Å². The molecule has 10 heteroatoms. The highest BCUT2D eigenvalue weighted by atomic mass is 28.3. The standard InChI is InChI=1S/C27H39N5O4Si/c1-7-21(33)36-17-20(18-12-9-8-10-13-18)28-25(35)32-16-19-22(26(32,2)3)30-31-23(19)29-24(34)27(14-11-15-27)37(4,5)6/h8-10,12-13,20H,7,11,14-17H2,1-6H3,(H,28,35)(H2,29,30,31,34)/t20-/m1/s1. The first-order valence-corrected chi connectivity index (χ1v) is 16.6. The summed E-state index contributed by atoms with van der Waals surface area (Å²) in [5, 5.41) is 13.4. The van der Waals surface area contributed by atoms with E-state index in [0.29, 0.717) is 12.4 Å². The van der Waals surface area contributed by atoms with Gasteiger partial charge >= 0.3 is 12.0 Å². The Morgan fingerprint density at radius 2 is 1.84 bits per heavy atom. The maximum atomic E-state index is 13.6. The molecule has 0 bridgehead atoms. The van der Waals surface area contributed by atoms with E-state index in [9.17, 15) is 14.4 Å². The van der Waals surface area contributed by atoms with Crippen LogP contribution in [0.5, 0.6) is 0 Å². The number of nitrogens with zero attached hydrogens (tertiary/aromatic N) is 2. The van der Waals surface area contributed by atoms with E-state index in [1.165, 1.54) is 0 Å². The third kappa shape index (κ3) is 4.91. The molecule has 3 amide bonds. The molecule has 1 aliphatic carbocycles. The van der Waals surface area contributed by atoms with Crippen LogP contribution in [-0.4, -0.2) is 47.7 Å². The molecule has 1 fully saturated rings. The van der Waals surface area contributed by atoms with E-state index in [4.69, 9.17) is 4.74 Å². The van der Waals surface area contributed by atoms with E-state index < -0.39 is 19.7 Å². The Bertz CT molecular complexity index is 1170. The number of amides is 3. The third-order valence-corrected chi connectivity index (χ3v) is 11.8. The fourth-order valence-electron chi connectivity index (χ4n) is 5.43. The van der Waals surface area contributed by atoms with Crippen LogP contribution >= 0.6 is 0 Å². The van der Waals surface area contributed by atoms with Crippen molar-refractivity contribution in [3.05, 3.63) is 47.2 Å². The lowest BCUT2D eigenvalue weighted by molar-refractivity contribution is -0.144. The van der Waals surface area contributed by atoms with E-state index in [-0.39, 0.29) is 36.0 Å². The molecule has 9 nitrogen and oxygen atoms in total. The second kappa shape index (κ2) is 9.96. The van der Waals surface area contributed by atoms with E-state index >= 15 is 0 Å². The molecule has 0 unspecified atom stereocenters. The minimum Gasteiger partial charge on any atom is -0.463 e. The van der Waals surface area contributed by atoms with Gasteiger partial charge in [0, 0.05) is 17.0 Å². The quantitative estimate of drug-likeness (QED) is 0.329. The van der Waals surface area contributed by atoms with Crippen molar-refractivity contribution in [2.75, 3.05) is 11.9 Å². The van der Waals surface area contributed by atoms with E-state index in [0.717, 1.165) is 36.1 Å². The molecule has 3 N–H and O–H groups in total. The number of hydrogen-bond acceptors (Lipinski definition) is 5. The zero-order valence-corrected chi connectivity index (χ0v) is 23.7. The summed E-state index contributed by atoms with van der Waals surface area (Å²) in [5.74, 6) is 0.236. The maximum Gasteiger partial charge on any atom is 0.319 e. The van der Waals surface area contributed by atoms with Crippen molar-refractivity contribution in [3.8, 4) is 0 Å². The third-order valence-electron chi connectivity index (χ3n) is 8.22. The number of rotatable bonds is 8. The van der Waals surface area contributed by atoms with Crippen LogP contribution in [0.3, 0.4) is 0 Å². The Balaban J connectivity index is 1.51. The number of hydrogen-bond donors (Lipinski definition) is 3. The Kier molecular flexibility index (Phi) is 7.24. The van der Waals surface area contributed by atoms with Crippen molar-refractivity contribution in [3.63, 3.8) is 0 Å². The number of fused-ring (bicyclic) bond motifs is 1. The zero-order valence-electron chi connectivity index (χ0n) is 22.7. The molecule has 1 aliphatic heterocycles. The summed E-state index contributed by atoms with van der Waals surface area (Å²) >= 11 is 0. The lowest BCUT2D eigenvalue weighted by atomic mass is 9.83. The SMILES string of the molecule is CCC(=O)OC[C@@H](NC(=O)N1Cc2c(NC(=O)C3([Si](C)(C)C)CCC3)n[nH]c2C1(C)C)c1ccccc1. The first kappa shape index (κ1) is 26.9. The predicted octanol–water partition coefficient (Wildman–Crippen LogP) is 5.07. The van der Waals surface area contributed by atoms with E-state index in [1.807, 2.05) is 44.2 Å². The van der Waals surface area contributed by atoms with Crippen LogP contribution in [0.4, 0.5) is 10.6 Å². The van der Waals surface area contributed by atoms with E-state index in [2.05, 4.69) is 40.5 Å². The molecule has 1 saturated carbocycles. The van der Waals surface area contributed by atoms with Gasteiger partial charge in [0.1, 0.15) is 6.61 Å². The number of benzene rings is 1. The maximum absolute atomic E-state index is 13.6. The van der Waals surface area contributed by atoms with Crippen molar-refractivity contribution in [1.82, 2.24) is 20.4 Å². The average molecular weight is 526 g/mol. The number of aromatic amines is 1. The van der Waals surface area contributed by atoms with Gasteiger partial charge in [-0.2, -0.15) is 5.10 Å². The molecule has 0 spiro atoms. The van der Waals surface area contributed by atoms with Gasteiger partial charge in [-0.05, 0) is 32.3 Å².